The standard InChI is InChI=1S/C10H8N2O3/c13-6-7-3-4-9-8(2-1-5-11-9)10(7)12(14)15/h1-5,13H,6H2. The lowest BCUT2D eigenvalue weighted by Gasteiger charge is -2.02. The van der Waals surface area contributed by atoms with Crippen molar-refractivity contribution in [2.75, 3.05) is 0 Å². The Morgan fingerprint density at radius 2 is 2.20 bits per heavy atom. The van der Waals surface area contributed by atoms with Crippen LogP contribution < -0.4 is 0 Å². The average Bonchev–Trinajstić information content (AvgIpc) is 2.27. The molecule has 76 valence electrons. The van der Waals surface area contributed by atoms with Crippen molar-refractivity contribution < 1.29 is 10.0 Å². The Morgan fingerprint density at radius 1 is 1.40 bits per heavy atom. The number of benzene rings is 1. The van der Waals surface area contributed by atoms with Crippen molar-refractivity contribution in [1.29, 1.82) is 0 Å². The molecule has 0 aliphatic carbocycles. The molecule has 0 saturated heterocycles. The first-order valence-corrected chi connectivity index (χ1v) is 4.36. The largest absolute Gasteiger partial charge is 0.391 e. The Hall–Kier alpha value is -2.01. The second kappa shape index (κ2) is 3.62. The zero-order chi connectivity index (χ0) is 10.8. The predicted molar refractivity (Wildman–Crippen MR) is 54.3 cm³/mol. The zero-order valence-electron chi connectivity index (χ0n) is 7.75. The summed E-state index contributed by atoms with van der Waals surface area (Å²) in [5.74, 6) is 0. The molecule has 0 unspecified atom stereocenters. The second-order valence-corrected chi connectivity index (χ2v) is 3.06. The van der Waals surface area contributed by atoms with Gasteiger partial charge in [-0.05, 0) is 24.3 Å². The normalized spacial score (nSPS) is 10.5. The van der Waals surface area contributed by atoms with Gasteiger partial charge >= 0.3 is 0 Å². The van der Waals surface area contributed by atoms with Crippen molar-refractivity contribution in [1.82, 2.24) is 4.98 Å². The predicted octanol–water partition coefficient (Wildman–Crippen LogP) is 1.64. The molecule has 15 heavy (non-hydrogen) atoms. The monoisotopic (exact) mass is 204 g/mol. The lowest BCUT2D eigenvalue weighted by atomic mass is 10.1. The Balaban J connectivity index is 2.85. The number of fused-ring (bicyclic) bond motifs is 1. The summed E-state index contributed by atoms with van der Waals surface area (Å²) in [4.78, 5) is 14.4. The number of hydrogen-bond donors (Lipinski definition) is 1. The molecule has 1 heterocycles. The average molecular weight is 204 g/mol. The third-order valence-electron chi connectivity index (χ3n) is 2.19. The lowest BCUT2D eigenvalue weighted by Crippen LogP contribution is -1.97. The van der Waals surface area contributed by atoms with Gasteiger partial charge in [-0.1, -0.05) is 0 Å². The van der Waals surface area contributed by atoms with E-state index in [1.54, 1.807) is 24.4 Å². The molecule has 0 fully saturated rings. The summed E-state index contributed by atoms with van der Waals surface area (Å²) < 4.78 is 0. The number of nitro groups is 1. The van der Waals surface area contributed by atoms with Crippen molar-refractivity contribution in [3.8, 4) is 0 Å². The number of aromatic nitrogens is 1. The summed E-state index contributed by atoms with van der Waals surface area (Å²) in [6.45, 7) is -0.346. The fraction of sp³-hybridized carbons (Fsp3) is 0.100. The summed E-state index contributed by atoms with van der Waals surface area (Å²) in [6.07, 6.45) is 1.57. The second-order valence-electron chi connectivity index (χ2n) is 3.06. The molecule has 0 saturated carbocycles. The van der Waals surface area contributed by atoms with Crippen LogP contribution in [0.1, 0.15) is 5.56 Å². The molecule has 0 radical (unpaired) electrons. The molecule has 0 aliphatic heterocycles. The highest BCUT2D eigenvalue weighted by molar-refractivity contribution is 5.89. The van der Waals surface area contributed by atoms with E-state index in [2.05, 4.69) is 4.98 Å². The van der Waals surface area contributed by atoms with Crippen molar-refractivity contribution in [2.45, 2.75) is 6.61 Å². The molecule has 5 nitrogen and oxygen atoms in total. The molecule has 1 aromatic heterocycles. The first kappa shape index (κ1) is 9.54. The molecular formula is C10H8N2O3. The summed E-state index contributed by atoms with van der Waals surface area (Å²) in [5.41, 5.74) is 0.796. The molecule has 2 rings (SSSR count). The van der Waals surface area contributed by atoms with Gasteiger partial charge in [-0.25, -0.2) is 0 Å². The fourth-order valence-corrected chi connectivity index (χ4v) is 1.53. The summed E-state index contributed by atoms with van der Waals surface area (Å²) in [5, 5.41) is 20.3. The van der Waals surface area contributed by atoms with E-state index in [-0.39, 0.29) is 12.3 Å². The molecule has 0 spiro atoms. The maximum absolute atomic E-state index is 10.9. The molecule has 2 aromatic rings. The topological polar surface area (TPSA) is 76.3 Å². The molecular weight excluding hydrogens is 196 g/mol. The van der Waals surface area contributed by atoms with Crippen LogP contribution in [0.3, 0.4) is 0 Å². The Morgan fingerprint density at radius 3 is 2.87 bits per heavy atom. The number of aliphatic hydroxyl groups is 1. The number of hydrogen-bond acceptors (Lipinski definition) is 4. The molecule has 5 heteroatoms. The SMILES string of the molecule is O=[N+]([O-])c1c(CO)ccc2ncccc12. The summed E-state index contributed by atoms with van der Waals surface area (Å²) in [6, 6.07) is 6.44. The summed E-state index contributed by atoms with van der Waals surface area (Å²) in [7, 11) is 0. The van der Waals surface area contributed by atoms with Gasteiger partial charge in [0, 0.05) is 6.20 Å². The van der Waals surface area contributed by atoms with Crippen molar-refractivity contribution in [3.63, 3.8) is 0 Å². The minimum absolute atomic E-state index is 0.0666. The van der Waals surface area contributed by atoms with Crippen molar-refractivity contribution in [3.05, 3.63) is 46.1 Å². The fourth-order valence-electron chi connectivity index (χ4n) is 1.53. The third-order valence-corrected chi connectivity index (χ3v) is 2.19. The molecule has 0 amide bonds. The van der Waals surface area contributed by atoms with Crippen LogP contribution in [-0.4, -0.2) is 15.0 Å². The van der Waals surface area contributed by atoms with Gasteiger partial charge < -0.3 is 5.11 Å². The van der Waals surface area contributed by atoms with Crippen LogP contribution in [0.2, 0.25) is 0 Å². The van der Waals surface area contributed by atoms with Crippen LogP contribution >= 0.6 is 0 Å². The van der Waals surface area contributed by atoms with Gasteiger partial charge in [0.2, 0.25) is 0 Å². The number of nitro benzene ring substituents is 1. The van der Waals surface area contributed by atoms with E-state index < -0.39 is 4.92 Å². The first-order valence-electron chi connectivity index (χ1n) is 4.36. The van der Waals surface area contributed by atoms with E-state index in [9.17, 15) is 10.1 Å². The van der Waals surface area contributed by atoms with Gasteiger partial charge in [0.15, 0.2) is 0 Å². The van der Waals surface area contributed by atoms with Crippen LogP contribution in [0.4, 0.5) is 5.69 Å². The van der Waals surface area contributed by atoms with Gasteiger partial charge in [-0.3, -0.25) is 15.1 Å². The van der Waals surface area contributed by atoms with Gasteiger partial charge in [0.25, 0.3) is 5.69 Å². The molecule has 1 aromatic carbocycles. The lowest BCUT2D eigenvalue weighted by molar-refractivity contribution is -0.384. The highest BCUT2D eigenvalue weighted by Gasteiger charge is 2.17. The van der Waals surface area contributed by atoms with E-state index >= 15 is 0 Å². The highest BCUT2D eigenvalue weighted by Crippen LogP contribution is 2.28. The number of aliphatic hydroxyl groups excluding tert-OH is 1. The van der Waals surface area contributed by atoms with Gasteiger partial charge in [0.1, 0.15) is 0 Å². The molecule has 0 atom stereocenters. The van der Waals surface area contributed by atoms with Crippen molar-refractivity contribution in [2.24, 2.45) is 0 Å². The van der Waals surface area contributed by atoms with Crippen molar-refractivity contribution >= 4 is 16.6 Å². The minimum Gasteiger partial charge on any atom is -0.391 e. The van der Waals surface area contributed by atoms with E-state index in [1.807, 2.05) is 0 Å². The van der Waals surface area contributed by atoms with Crippen LogP contribution in [-0.2, 0) is 6.61 Å². The third kappa shape index (κ3) is 1.53. The van der Waals surface area contributed by atoms with E-state index in [4.69, 9.17) is 5.11 Å². The molecule has 0 bridgehead atoms. The van der Waals surface area contributed by atoms with E-state index in [0.29, 0.717) is 16.5 Å². The number of pyridine rings is 1. The molecule has 0 aliphatic rings. The zero-order valence-corrected chi connectivity index (χ0v) is 7.75. The Bertz CT molecular complexity index is 525. The van der Waals surface area contributed by atoms with Crippen LogP contribution in [0.25, 0.3) is 10.9 Å². The highest BCUT2D eigenvalue weighted by atomic mass is 16.6. The van der Waals surface area contributed by atoms with Crippen LogP contribution in [0.5, 0.6) is 0 Å². The van der Waals surface area contributed by atoms with Gasteiger partial charge in [0.05, 0.1) is 28.0 Å². The molecule has 1 N–H and O–H groups in total. The Labute approximate surface area is 85.1 Å². The quantitative estimate of drug-likeness (QED) is 0.595. The van der Waals surface area contributed by atoms with Gasteiger partial charge in [-0.15, -0.1) is 0 Å². The number of rotatable bonds is 2. The smallest absolute Gasteiger partial charge is 0.284 e. The van der Waals surface area contributed by atoms with E-state index in [0.717, 1.165) is 0 Å². The summed E-state index contributed by atoms with van der Waals surface area (Å²) >= 11 is 0. The maximum atomic E-state index is 10.9. The van der Waals surface area contributed by atoms with E-state index in [1.165, 1.54) is 6.07 Å². The first-order chi connectivity index (χ1) is 7.24. The van der Waals surface area contributed by atoms with Gasteiger partial charge in [-0.2, -0.15) is 0 Å². The number of nitrogens with zero attached hydrogens (tertiary/aromatic N) is 2. The minimum atomic E-state index is -0.491. The van der Waals surface area contributed by atoms with Crippen LogP contribution in [0.15, 0.2) is 30.5 Å². The Kier molecular flexibility index (Phi) is 2.31. The maximum Gasteiger partial charge on any atom is 0.284 e. The van der Waals surface area contributed by atoms with Crippen LogP contribution in [0, 0.1) is 10.1 Å².